The number of nitrogens with one attached hydrogen (secondary N) is 3. The third-order valence-electron chi connectivity index (χ3n) is 8.60. The van der Waals surface area contributed by atoms with Crippen LogP contribution in [0.2, 0.25) is 0 Å². The Kier molecular flexibility index (Phi) is 11.3. The molecule has 4 N–H and O–H groups in total. The normalized spacial score (nSPS) is 27.4. The van der Waals surface area contributed by atoms with Gasteiger partial charge in [-0.15, -0.1) is 0 Å². The lowest BCUT2D eigenvalue weighted by Gasteiger charge is -2.31. The number of ether oxygens (including phenoxy) is 1. The zero-order valence-corrected chi connectivity index (χ0v) is 27.5. The predicted octanol–water partition coefficient (Wildman–Crippen LogP) is 4.94. The minimum absolute atomic E-state index is 0.0487. The fourth-order valence-electron chi connectivity index (χ4n) is 6.23. The molecule has 0 saturated carbocycles. The summed E-state index contributed by atoms with van der Waals surface area (Å²) < 4.78 is 5.78. The van der Waals surface area contributed by atoms with Crippen molar-refractivity contribution >= 4 is 34.6 Å². The average Bonchev–Trinajstić information content (AvgIpc) is 3.41. The van der Waals surface area contributed by atoms with Gasteiger partial charge in [0.2, 0.25) is 17.7 Å². The summed E-state index contributed by atoms with van der Waals surface area (Å²) >= 11 is 0. The summed E-state index contributed by atoms with van der Waals surface area (Å²) in [6, 6.07) is 11.3. The standard InChI is InChI=1S/C36H46N4O6/c1-21-15-22(2)17-24(4)46-33(42)19-31(26-11-13-28(41)14-12-26)39-35(44)32(18-27-20-37-30-10-8-7-9-29(27)30)40(6)36(45)25(5)38-34(43)23(3)16-21/h7-15,20,22-25,31-32,37,41H,16-19H2,1-6H3,(H,38,43)(H,39,44)/b21-15+/t22-,23-,24-,25-,31?,32?/m0/s1. The summed E-state index contributed by atoms with van der Waals surface area (Å²) in [6.45, 7) is 9.28. The zero-order valence-electron chi connectivity index (χ0n) is 27.5. The topological polar surface area (TPSA) is 141 Å². The number of para-hydroxylation sites is 1. The van der Waals surface area contributed by atoms with Crippen molar-refractivity contribution in [1.82, 2.24) is 20.5 Å². The predicted molar refractivity (Wildman–Crippen MR) is 177 cm³/mol. The van der Waals surface area contributed by atoms with Crippen LogP contribution in [0.3, 0.4) is 0 Å². The zero-order chi connectivity index (χ0) is 33.5. The van der Waals surface area contributed by atoms with Crippen LogP contribution in [-0.2, 0) is 30.3 Å². The second kappa shape index (κ2) is 15.1. The number of aromatic amines is 1. The number of carbonyl (C=O) groups is 4. The van der Waals surface area contributed by atoms with Crippen LogP contribution in [0.1, 0.15) is 71.0 Å². The number of esters is 1. The van der Waals surface area contributed by atoms with Crippen LogP contribution in [0.5, 0.6) is 5.75 Å². The van der Waals surface area contributed by atoms with Crippen molar-refractivity contribution in [3.8, 4) is 5.75 Å². The van der Waals surface area contributed by atoms with Crippen molar-refractivity contribution in [2.24, 2.45) is 11.8 Å². The molecule has 0 radical (unpaired) electrons. The average molecular weight is 631 g/mol. The molecule has 0 bridgehead atoms. The van der Waals surface area contributed by atoms with Crippen molar-refractivity contribution in [3.63, 3.8) is 0 Å². The van der Waals surface area contributed by atoms with Crippen LogP contribution in [-0.4, -0.2) is 63.9 Å². The number of aromatic hydroxyl groups is 1. The van der Waals surface area contributed by atoms with E-state index in [1.165, 1.54) is 17.0 Å². The molecule has 0 aliphatic carbocycles. The highest BCUT2D eigenvalue weighted by molar-refractivity contribution is 5.93. The molecule has 10 heteroatoms. The number of amides is 3. The number of phenols is 1. The van der Waals surface area contributed by atoms with E-state index in [4.69, 9.17) is 4.74 Å². The highest BCUT2D eigenvalue weighted by Crippen LogP contribution is 2.25. The number of phenolic OH excluding ortho intramolecular Hbond substituents is 1. The summed E-state index contributed by atoms with van der Waals surface area (Å²) in [5.74, 6) is -1.86. The fourth-order valence-corrected chi connectivity index (χ4v) is 6.23. The molecule has 1 aliphatic heterocycles. The van der Waals surface area contributed by atoms with Crippen LogP contribution in [0, 0.1) is 11.8 Å². The fraction of sp³-hybridized carbons (Fsp3) is 0.444. The molecule has 3 amide bonds. The van der Waals surface area contributed by atoms with Gasteiger partial charge in [0.25, 0.3) is 0 Å². The van der Waals surface area contributed by atoms with Gasteiger partial charge in [0.1, 0.15) is 17.8 Å². The van der Waals surface area contributed by atoms with Gasteiger partial charge < -0.3 is 30.4 Å². The number of cyclic esters (lactones) is 1. The van der Waals surface area contributed by atoms with Crippen molar-refractivity contribution < 1.29 is 29.0 Å². The molecule has 246 valence electrons. The second-order valence-corrected chi connectivity index (χ2v) is 12.7. The lowest BCUT2D eigenvalue weighted by atomic mass is 9.95. The number of likely N-dealkylation sites (N-methyl/N-ethyl adjacent to an activating group) is 1. The van der Waals surface area contributed by atoms with E-state index in [1.54, 1.807) is 26.1 Å². The molecule has 0 saturated heterocycles. The monoisotopic (exact) mass is 630 g/mol. The van der Waals surface area contributed by atoms with E-state index in [0.29, 0.717) is 18.4 Å². The van der Waals surface area contributed by atoms with Gasteiger partial charge in [-0.1, -0.05) is 55.8 Å². The van der Waals surface area contributed by atoms with Gasteiger partial charge in [-0.2, -0.15) is 0 Å². The summed E-state index contributed by atoms with van der Waals surface area (Å²) in [7, 11) is 1.55. The van der Waals surface area contributed by atoms with Gasteiger partial charge in [0, 0.05) is 36.5 Å². The summed E-state index contributed by atoms with van der Waals surface area (Å²) in [5, 5.41) is 16.7. The van der Waals surface area contributed by atoms with E-state index in [-0.39, 0.29) is 42.4 Å². The molecule has 10 nitrogen and oxygen atoms in total. The van der Waals surface area contributed by atoms with E-state index < -0.39 is 35.9 Å². The van der Waals surface area contributed by atoms with E-state index in [9.17, 15) is 24.3 Å². The van der Waals surface area contributed by atoms with Gasteiger partial charge in [-0.25, -0.2) is 0 Å². The third kappa shape index (κ3) is 8.77. The van der Waals surface area contributed by atoms with Crippen molar-refractivity contribution in [2.75, 3.05) is 7.05 Å². The first kappa shape index (κ1) is 34.3. The quantitative estimate of drug-likeness (QED) is 0.239. The molecule has 2 unspecified atom stereocenters. The molecule has 3 aromatic rings. The number of fused-ring (bicyclic) bond motifs is 1. The van der Waals surface area contributed by atoms with E-state index >= 15 is 0 Å². The summed E-state index contributed by atoms with van der Waals surface area (Å²) in [5.41, 5.74) is 3.37. The number of benzene rings is 2. The van der Waals surface area contributed by atoms with Gasteiger partial charge in [-0.3, -0.25) is 19.2 Å². The Morgan fingerprint density at radius 1 is 0.913 bits per heavy atom. The maximum absolute atomic E-state index is 14.2. The Labute approximate surface area is 270 Å². The summed E-state index contributed by atoms with van der Waals surface area (Å²) in [4.78, 5) is 58.9. The Morgan fingerprint density at radius 3 is 2.33 bits per heavy atom. The number of nitrogens with zero attached hydrogens (tertiary/aromatic N) is 1. The number of H-pyrrole nitrogens is 1. The minimum atomic E-state index is -0.980. The van der Waals surface area contributed by atoms with E-state index in [2.05, 4.69) is 21.7 Å². The first-order valence-electron chi connectivity index (χ1n) is 15.9. The minimum Gasteiger partial charge on any atom is -0.508 e. The van der Waals surface area contributed by atoms with Crippen LogP contribution >= 0.6 is 0 Å². The number of rotatable bonds is 3. The van der Waals surface area contributed by atoms with Crippen molar-refractivity contribution in [1.29, 1.82) is 0 Å². The molecular formula is C36H46N4O6. The van der Waals surface area contributed by atoms with Gasteiger partial charge >= 0.3 is 5.97 Å². The first-order valence-corrected chi connectivity index (χ1v) is 15.9. The number of carbonyl (C=O) groups excluding carboxylic acids is 4. The van der Waals surface area contributed by atoms with E-state index in [1.807, 2.05) is 58.2 Å². The van der Waals surface area contributed by atoms with Gasteiger partial charge in [0.05, 0.1) is 18.6 Å². The molecule has 6 atom stereocenters. The molecular weight excluding hydrogens is 584 g/mol. The molecule has 1 aromatic heterocycles. The second-order valence-electron chi connectivity index (χ2n) is 12.7. The molecule has 2 aromatic carbocycles. The van der Waals surface area contributed by atoms with Crippen LogP contribution in [0.4, 0.5) is 0 Å². The maximum Gasteiger partial charge on any atom is 0.308 e. The molecule has 1 aliphatic rings. The molecule has 4 rings (SSSR count). The number of hydrogen-bond donors (Lipinski definition) is 4. The molecule has 0 fully saturated rings. The van der Waals surface area contributed by atoms with Crippen LogP contribution in [0.25, 0.3) is 10.9 Å². The van der Waals surface area contributed by atoms with Gasteiger partial charge in [0.15, 0.2) is 0 Å². The highest BCUT2D eigenvalue weighted by atomic mass is 16.5. The maximum atomic E-state index is 14.2. The van der Waals surface area contributed by atoms with Crippen LogP contribution < -0.4 is 10.6 Å². The van der Waals surface area contributed by atoms with Gasteiger partial charge in [-0.05, 0) is 68.9 Å². The molecule has 2 heterocycles. The Bertz CT molecular complexity index is 1580. The largest absolute Gasteiger partial charge is 0.508 e. The number of allylic oxidation sites excluding steroid dienone is 2. The van der Waals surface area contributed by atoms with Crippen molar-refractivity contribution in [2.45, 2.75) is 84.5 Å². The number of aromatic nitrogens is 1. The SMILES string of the molecule is C/C1=C\[C@H](C)C[C@H](C)OC(=O)CC(c2ccc(O)cc2)NC(=O)C(Cc2c[nH]c3ccccc23)N(C)C(=O)[C@H](C)NC(=O)[C@@H](C)C1. The number of hydrogen-bond acceptors (Lipinski definition) is 6. The van der Waals surface area contributed by atoms with Crippen molar-refractivity contribution in [3.05, 3.63) is 77.5 Å². The Balaban J connectivity index is 1.72. The third-order valence-corrected chi connectivity index (χ3v) is 8.60. The lowest BCUT2D eigenvalue weighted by Crippen LogP contribution is -2.55. The summed E-state index contributed by atoms with van der Waals surface area (Å²) in [6.07, 6.45) is 4.66. The Hall–Kier alpha value is -4.60. The van der Waals surface area contributed by atoms with E-state index in [0.717, 1.165) is 22.0 Å². The molecule has 46 heavy (non-hydrogen) atoms. The lowest BCUT2D eigenvalue weighted by molar-refractivity contribution is -0.149. The Morgan fingerprint density at radius 2 is 1.61 bits per heavy atom. The smallest absolute Gasteiger partial charge is 0.308 e. The first-order chi connectivity index (χ1) is 21.8. The highest BCUT2D eigenvalue weighted by Gasteiger charge is 2.33. The molecule has 0 spiro atoms. The van der Waals surface area contributed by atoms with Crippen LogP contribution in [0.15, 0.2) is 66.4 Å².